The SMILES string of the molecule is COc1cc(C(=O)OCC(=O)N[C@@H]2CCS(=O)(=O)C2)ccc1OCc1c(C)noc1C. The van der Waals surface area contributed by atoms with Crippen molar-refractivity contribution in [2.45, 2.75) is 32.9 Å². The number of sulfone groups is 1. The van der Waals surface area contributed by atoms with Gasteiger partial charge in [-0.25, -0.2) is 13.2 Å². The van der Waals surface area contributed by atoms with E-state index in [4.69, 9.17) is 18.7 Å². The van der Waals surface area contributed by atoms with Gasteiger partial charge in [0.25, 0.3) is 5.91 Å². The Bertz CT molecular complexity index is 1060. The molecule has 0 unspecified atom stereocenters. The monoisotopic (exact) mass is 452 g/mol. The van der Waals surface area contributed by atoms with Crippen molar-refractivity contribution in [1.82, 2.24) is 10.5 Å². The first kappa shape index (κ1) is 22.6. The minimum atomic E-state index is -3.11. The number of rotatable bonds is 8. The largest absolute Gasteiger partial charge is 0.493 e. The van der Waals surface area contributed by atoms with Crippen molar-refractivity contribution in [2.75, 3.05) is 25.2 Å². The van der Waals surface area contributed by atoms with Crippen LogP contribution in [0.4, 0.5) is 0 Å². The molecule has 1 amide bonds. The number of carbonyl (C=O) groups excluding carboxylic acids is 2. The first-order chi connectivity index (χ1) is 14.7. The zero-order valence-electron chi connectivity index (χ0n) is 17.5. The standard InChI is InChI=1S/C20H24N2O8S/c1-12-16(13(2)30-22-12)9-28-17-5-4-14(8-18(17)27-3)20(24)29-10-19(23)21-15-6-7-31(25,26)11-15/h4-5,8,15H,6-7,9-11H2,1-3H3,(H,21,23)/t15-/m1/s1. The second-order valence-electron chi connectivity index (χ2n) is 7.20. The van der Waals surface area contributed by atoms with Gasteiger partial charge in [-0.05, 0) is 38.5 Å². The lowest BCUT2D eigenvalue weighted by atomic mass is 10.2. The number of carbonyl (C=O) groups is 2. The van der Waals surface area contributed by atoms with Gasteiger partial charge >= 0.3 is 5.97 Å². The number of esters is 1. The van der Waals surface area contributed by atoms with E-state index in [1.54, 1.807) is 13.0 Å². The summed E-state index contributed by atoms with van der Waals surface area (Å²) < 4.78 is 44.1. The molecule has 1 aliphatic rings. The van der Waals surface area contributed by atoms with Crippen LogP contribution in [0.2, 0.25) is 0 Å². The molecule has 0 bridgehead atoms. The molecule has 11 heteroatoms. The number of ether oxygens (including phenoxy) is 3. The van der Waals surface area contributed by atoms with Gasteiger partial charge in [0.1, 0.15) is 12.4 Å². The summed E-state index contributed by atoms with van der Waals surface area (Å²) in [6, 6.07) is 4.06. The van der Waals surface area contributed by atoms with Crippen LogP contribution in [0.25, 0.3) is 0 Å². The molecule has 2 heterocycles. The first-order valence-electron chi connectivity index (χ1n) is 9.58. The van der Waals surface area contributed by atoms with Gasteiger partial charge in [0, 0.05) is 6.04 Å². The Morgan fingerprint density at radius 1 is 1.26 bits per heavy atom. The number of hydrogen-bond donors (Lipinski definition) is 1. The van der Waals surface area contributed by atoms with Crippen LogP contribution >= 0.6 is 0 Å². The van der Waals surface area contributed by atoms with E-state index in [-0.39, 0.29) is 23.7 Å². The summed E-state index contributed by atoms with van der Waals surface area (Å²) in [5.74, 6) is 0.0689. The van der Waals surface area contributed by atoms with Gasteiger partial charge in [0.2, 0.25) is 0 Å². The summed E-state index contributed by atoms with van der Waals surface area (Å²) in [4.78, 5) is 24.2. The quantitative estimate of drug-likeness (QED) is 0.589. The van der Waals surface area contributed by atoms with Crippen LogP contribution < -0.4 is 14.8 Å². The summed E-state index contributed by atoms with van der Waals surface area (Å²) in [5.41, 5.74) is 1.73. The predicted octanol–water partition coefficient (Wildman–Crippen LogP) is 1.34. The fourth-order valence-electron chi connectivity index (χ4n) is 3.16. The number of amides is 1. The van der Waals surface area contributed by atoms with E-state index in [0.29, 0.717) is 23.7 Å². The molecule has 1 saturated heterocycles. The molecular weight excluding hydrogens is 428 g/mol. The van der Waals surface area contributed by atoms with Crippen LogP contribution in [0, 0.1) is 13.8 Å². The molecule has 1 atom stereocenters. The van der Waals surface area contributed by atoms with Crippen molar-refractivity contribution in [1.29, 1.82) is 0 Å². The van der Waals surface area contributed by atoms with E-state index in [2.05, 4.69) is 10.5 Å². The number of benzene rings is 1. The molecule has 0 spiro atoms. The molecule has 168 valence electrons. The minimum Gasteiger partial charge on any atom is -0.493 e. The lowest BCUT2D eigenvalue weighted by Gasteiger charge is -2.13. The zero-order chi connectivity index (χ0) is 22.6. The smallest absolute Gasteiger partial charge is 0.338 e. The topological polar surface area (TPSA) is 134 Å². The Morgan fingerprint density at radius 2 is 2.03 bits per heavy atom. The van der Waals surface area contributed by atoms with Crippen LogP contribution in [-0.2, 0) is 26.0 Å². The molecule has 31 heavy (non-hydrogen) atoms. The van der Waals surface area contributed by atoms with Crippen molar-refractivity contribution in [3.05, 3.63) is 40.8 Å². The Morgan fingerprint density at radius 3 is 2.65 bits per heavy atom. The lowest BCUT2D eigenvalue weighted by Crippen LogP contribution is -2.38. The molecule has 1 fully saturated rings. The Hall–Kier alpha value is -3.08. The molecular formula is C20H24N2O8S. The number of hydrogen-bond acceptors (Lipinski definition) is 9. The molecule has 1 N–H and O–H groups in total. The van der Waals surface area contributed by atoms with E-state index < -0.39 is 34.4 Å². The van der Waals surface area contributed by atoms with Crippen LogP contribution in [0.3, 0.4) is 0 Å². The summed E-state index contributed by atoms with van der Waals surface area (Å²) in [5, 5.41) is 6.43. The Labute approximate surface area is 179 Å². The fraction of sp³-hybridized carbons (Fsp3) is 0.450. The summed E-state index contributed by atoms with van der Waals surface area (Å²) in [7, 11) is -1.67. The Kier molecular flexibility index (Phi) is 6.84. The predicted molar refractivity (Wildman–Crippen MR) is 109 cm³/mol. The highest BCUT2D eigenvalue weighted by atomic mass is 32.2. The maximum Gasteiger partial charge on any atom is 0.338 e. The van der Waals surface area contributed by atoms with E-state index in [0.717, 1.165) is 11.3 Å². The van der Waals surface area contributed by atoms with Crippen molar-refractivity contribution < 1.29 is 36.7 Å². The number of aryl methyl sites for hydroxylation is 2. The second kappa shape index (κ2) is 9.38. The van der Waals surface area contributed by atoms with Gasteiger partial charge in [-0.1, -0.05) is 5.16 Å². The molecule has 0 radical (unpaired) electrons. The van der Waals surface area contributed by atoms with Gasteiger partial charge < -0.3 is 24.1 Å². The average molecular weight is 452 g/mol. The minimum absolute atomic E-state index is 0.0438. The molecule has 1 aliphatic heterocycles. The third-order valence-corrected chi connectivity index (χ3v) is 6.65. The normalized spacial score (nSPS) is 17.2. The van der Waals surface area contributed by atoms with Gasteiger partial charge in [-0.3, -0.25) is 4.79 Å². The first-order valence-corrected chi connectivity index (χ1v) is 11.4. The van der Waals surface area contributed by atoms with Crippen molar-refractivity contribution in [2.24, 2.45) is 0 Å². The second-order valence-corrected chi connectivity index (χ2v) is 9.43. The highest BCUT2D eigenvalue weighted by Gasteiger charge is 2.29. The molecule has 0 saturated carbocycles. The molecule has 10 nitrogen and oxygen atoms in total. The molecule has 0 aliphatic carbocycles. The summed E-state index contributed by atoms with van der Waals surface area (Å²) >= 11 is 0. The number of nitrogens with one attached hydrogen (secondary N) is 1. The van der Waals surface area contributed by atoms with E-state index in [1.807, 2.05) is 6.92 Å². The Balaban J connectivity index is 1.55. The van der Waals surface area contributed by atoms with Gasteiger partial charge in [0.05, 0.1) is 35.4 Å². The number of aromatic nitrogens is 1. The molecule has 2 aromatic rings. The van der Waals surface area contributed by atoms with Crippen LogP contribution in [0.15, 0.2) is 22.7 Å². The van der Waals surface area contributed by atoms with E-state index >= 15 is 0 Å². The molecule has 1 aromatic heterocycles. The van der Waals surface area contributed by atoms with Crippen LogP contribution in [-0.4, -0.2) is 56.7 Å². The van der Waals surface area contributed by atoms with Gasteiger partial charge in [-0.2, -0.15) is 0 Å². The maximum absolute atomic E-state index is 12.3. The maximum atomic E-state index is 12.3. The fourth-order valence-corrected chi connectivity index (χ4v) is 4.84. The third-order valence-electron chi connectivity index (χ3n) is 4.88. The van der Waals surface area contributed by atoms with E-state index in [9.17, 15) is 18.0 Å². The van der Waals surface area contributed by atoms with Crippen LogP contribution in [0.1, 0.15) is 33.8 Å². The van der Waals surface area contributed by atoms with Crippen molar-refractivity contribution >= 4 is 21.7 Å². The lowest BCUT2D eigenvalue weighted by molar-refractivity contribution is -0.124. The average Bonchev–Trinajstić information content (AvgIpc) is 3.24. The molecule has 3 rings (SSSR count). The highest BCUT2D eigenvalue weighted by molar-refractivity contribution is 7.91. The van der Waals surface area contributed by atoms with E-state index in [1.165, 1.54) is 19.2 Å². The zero-order valence-corrected chi connectivity index (χ0v) is 18.3. The van der Waals surface area contributed by atoms with Crippen LogP contribution in [0.5, 0.6) is 11.5 Å². The van der Waals surface area contributed by atoms with Gasteiger partial charge in [-0.15, -0.1) is 0 Å². The summed E-state index contributed by atoms with van der Waals surface area (Å²) in [6.45, 7) is 3.31. The third kappa shape index (κ3) is 5.75. The van der Waals surface area contributed by atoms with Crippen molar-refractivity contribution in [3.8, 4) is 11.5 Å². The highest BCUT2D eigenvalue weighted by Crippen LogP contribution is 2.29. The van der Waals surface area contributed by atoms with Crippen molar-refractivity contribution in [3.63, 3.8) is 0 Å². The summed E-state index contributed by atoms with van der Waals surface area (Å²) in [6.07, 6.45) is 0.356. The molecule has 1 aromatic carbocycles. The van der Waals surface area contributed by atoms with Gasteiger partial charge in [0.15, 0.2) is 27.9 Å². The number of nitrogens with zero attached hydrogens (tertiary/aromatic N) is 1. The number of methoxy groups -OCH3 is 1.